The summed E-state index contributed by atoms with van der Waals surface area (Å²) in [6.45, 7) is 6.12. The van der Waals surface area contributed by atoms with Crippen molar-refractivity contribution in [3.63, 3.8) is 0 Å². The number of H-pyrrole nitrogens is 1. The number of carbonyl (C=O) groups is 1. The molecule has 1 aliphatic heterocycles. The lowest BCUT2D eigenvalue weighted by atomic mass is 10.2. The van der Waals surface area contributed by atoms with Gasteiger partial charge in [-0.1, -0.05) is 6.07 Å². The summed E-state index contributed by atoms with van der Waals surface area (Å²) >= 11 is 0. The standard InChI is InChI=1S/C17H17N5O2/c1-9(2)21-8-11-15(17(21)24)19-14-6-13(20-22(14)16(11)23)12-5-4-10(3)7-18-12/h4-7,9,20H,8H2,1-3H3. The van der Waals surface area contributed by atoms with Gasteiger partial charge < -0.3 is 4.90 Å². The number of hydrogen-bond donors (Lipinski definition) is 1. The molecule has 4 heterocycles. The van der Waals surface area contributed by atoms with Crippen LogP contribution in [0.3, 0.4) is 0 Å². The van der Waals surface area contributed by atoms with E-state index < -0.39 is 0 Å². The molecule has 3 aromatic rings. The Hall–Kier alpha value is -2.96. The summed E-state index contributed by atoms with van der Waals surface area (Å²) < 4.78 is 1.38. The van der Waals surface area contributed by atoms with Crippen LogP contribution in [0.4, 0.5) is 0 Å². The molecule has 0 bridgehead atoms. The van der Waals surface area contributed by atoms with Gasteiger partial charge in [0.2, 0.25) is 0 Å². The van der Waals surface area contributed by atoms with Crippen molar-refractivity contribution in [1.82, 2.24) is 24.5 Å². The number of aromatic amines is 1. The fourth-order valence-electron chi connectivity index (χ4n) is 2.93. The highest BCUT2D eigenvalue weighted by Crippen LogP contribution is 2.22. The Labute approximate surface area is 138 Å². The van der Waals surface area contributed by atoms with Crippen LogP contribution in [0.5, 0.6) is 0 Å². The zero-order valence-corrected chi connectivity index (χ0v) is 13.7. The minimum atomic E-state index is -0.232. The monoisotopic (exact) mass is 323 g/mol. The third kappa shape index (κ3) is 2.05. The number of fused-ring (bicyclic) bond motifs is 2. The molecule has 1 N–H and O–H groups in total. The average molecular weight is 323 g/mol. The van der Waals surface area contributed by atoms with Crippen molar-refractivity contribution in [3.05, 3.63) is 51.6 Å². The summed E-state index contributed by atoms with van der Waals surface area (Å²) in [4.78, 5) is 35.6. The minimum absolute atomic E-state index is 0.0294. The molecule has 0 fully saturated rings. The van der Waals surface area contributed by atoms with Crippen molar-refractivity contribution in [1.29, 1.82) is 0 Å². The lowest BCUT2D eigenvalue weighted by Crippen LogP contribution is -2.31. The molecule has 4 rings (SSSR count). The Kier molecular flexibility index (Phi) is 3.06. The highest BCUT2D eigenvalue weighted by atomic mass is 16.2. The van der Waals surface area contributed by atoms with Crippen molar-refractivity contribution in [3.8, 4) is 11.4 Å². The van der Waals surface area contributed by atoms with Gasteiger partial charge in [0.25, 0.3) is 11.5 Å². The van der Waals surface area contributed by atoms with Crippen LogP contribution in [0.25, 0.3) is 17.0 Å². The number of aryl methyl sites for hydroxylation is 1. The van der Waals surface area contributed by atoms with Crippen molar-refractivity contribution >= 4 is 11.6 Å². The van der Waals surface area contributed by atoms with Crippen molar-refractivity contribution in [2.75, 3.05) is 0 Å². The van der Waals surface area contributed by atoms with Crippen LogP contribution in [0.1, 0.15) is 35.5 Å². The van der Waals surface area contributed by atoms with Gasteiger partial charge in [-0.15, -0.1) is 0 Å². The van der Waals surface area contributed by atoms with Gasteiger partial charge in [-0.25, -0.2) is 9.50 Å². The third-order valence-electron chi connectivity index (χ3n) is 4.31. The smallest absolute Gasteiger partial charge is 0.278 e. The van der Waals surface area contributed by atoms with E-state index in [0.717, 1.165) is 11.3 Å². The largest absolute Gasteiger partial charge is 0.330 e. The molecule has 122 valence electrons. The van der Waals surface area contributed by atoms with E-state index in [2.05, 4.69) is 15.1 Å². The van der Waals surface area contributed by atoms with Gasteiger partial charge in [0.15, 0.2) is 5.65 Å². The average Bonchev–Trinajstić information content (AvgIpc) is 3.11. The first-order chi connectivity index (χ1) is 11.5. The fraction of sp³-hybridized carbons (Fsp3) is 0.294. The van der Waals surface area contributed by atoms with E-state index in [-0.39, 0.29) is 23.2 Å². The molecule has 1 aliphatic rings. The molecule has 1 amide bonds. The Morgan fingerprint density at radius 3 is 2.71 bits per heavy atom. The van der Waals surface area contributed by atoms with Gasteiger partial charge in [0, 0.05) is 18.3 Å². The topological polar surface area (TPSA) is 83.4 Å². The molecular formula is C17H17N5O2. The molecule has 3 aromatic heterocycles. The number of hydrogen-bond acceptors (Lipinski definition) is 4. The molecule has 7 nitrogen and oxygen atoms in total. The maximum Gasteiger partial charge on any atom is 0.278 e. The Bertz CT molecular complexity index is 1010. The highest BCUT2D eigenvalue weighted by Gasteiger charge is 2.34. The molecule has 0 saturated carbocycles. The second kappa shape index (κ2) is 5.02. The molecule has 0 radical (unpaired) electrons. The Morgan fingerprint density at radius 1 is 1.25 bits per heavy atom. The quantitative estimate of drug-likeness (QED) is 0.779. The van der Waals surface area contributed by atoms with Crippen LogP contribution < -0.4 is 5.56 Å². The van der Waals surface area contributed by atoms with Crippen molar-refractivity contribution < 1.29 is 4.79 Å². The Morgan fingerprint density at radius 2 is 2.04 bits per heavy atom. The maximum atomic E-state index is 12.7. The molecule has 24 heavy (non-hydrogen) atoms. The number of nitrogens with zero attached hydrogens (tertiary/aromatic N) is 4. The lowest BCUT2D eigenvalue weighted by molar-refractivity contribution is 0.0726. The van der Waals surface area contributed by atoms with Gasteiger partial charge in [-0.2, -0.15) is 0 Å². The van der Waals surface area contributed by atoms with E-state index in [4.69, 9.17) is 0 Å². The number of carbonyl (C=O) groups excluding carboxylic acids is 1. The molecule has 0 aliphatic carbocycles. The number of pyridine rings is 1. The summed E-state index contributed by atoms with van der Waals surface area (Å²) in [6, 6.07) is 5.60. The van der Waals surface area contributed by atoms with Crippen LogP contribution in [-0.4, -0.2) is 36.4 Å². The second-order valence-corrected chi connectivity index (χ2v) is 6.36. The van der Waals surface area contributed by atoms with Gasteiger partial charge in [-0.05, 0) is 32.4 Å². The summed E-state index contributed by atoms with van der Waals surface area (Å²) in [6.07, 6.45) is 1.76. The first-order valence-electron chi connectivity index (χ1n) is 7.84. The highest BCUT2D eigenvalue weighted by molar-refractivity contribution is 5.97. The zero-order valence-electron chi connectivity index (χ0n) is 13.7. The first kappa shape index (κ1) is 14.6. The molecule has 0 saturated heterocycles. The molecule has 0 atom stereocenters. The van der Waals surface area contributed by atoms with E-state index in [1.807, 2.05) is 32.9 Å². The van der Waals surface area contributed by atoms with Gasteiger partial charge in [0.1, 0.15) is 5.69 Å². The molecule has 7 heteroatoms. The molecule has 0 spiro atoms. The number of nitrogens with one attached hydrogen (secondary N) is 1. The second-order valence-electron chi connectivity index (χ2n) is 6.36. The van der Waals surface area contributed by atoms with E-state index in [0.29, 0.717) is 23.4 Å². The normalized spacial score (nSPS) is 14.0. The summed E-state index contributed by atoms with van der Waals surface area (Å²) in [5.74, 6) is -0.184. The van der Waals surface area contributed by atoms with E-state index in [1.165, 1.54) is 4.52 Å². The number of rotatable bonds is 2. The zero-order chi connectivity index (χ0) is 17.0. The lowest BCUT2D eigenvalue weighted by Gasteiger charge is -2.19. The van der Waals surface area contributed by atoms with Crippen LogP contribution in [0, 0.1) is 6.92 Å². The molecular weight excluding hydrogens is 306 g/mol. The van der Waals surface area contributed by atoms with E-state index >= 15 is 0 Å². The van der Waals surface area contributed by atoms with Crippen LogP contribution in [0.15, 0.2) is 29.2 Å². The van der Waals surface area contributed by atoms with Crippen molar-refractivity contribution in [2.45, 2.75) is 33.4 Å². The fourth-order valence-corrected chi connectivity index (χ4v) is 2.93. The van der Waals surface area contributed by atoms with E-state index in [9.17, 15) is 9.59 Å². The summed E-state index contributed by atoms with van der Waals surface area (Å²) in [5, 5.41) is 3.04. The first-order valence-corrected chi connectivity index (χ1v) is 7.84. The summed E-state index contributed by atoms with van der Waals surface area (Å²) in [5.41, 5.74) is 3.37. The predicted molar refractivity (Wildman–Crippen MR) is 88.8 cm³/mol. The maximum absolute atomic E-state index is 12.7. The van der Waals surface area contributed by atoms with Crippen LogP contribution >= 0.6 is 0 Å². The number of amides is 1. The van der Waals surface area contributed by atoms with Crippen molar-refractivity contribution in [2.24, 2.45) is 0 Å². The minimum Gasteiger partial charge on any atom is -0.330 e. The van der Waals surface area contributed by atoms with Crippen LogP contribution in [0.2, 0.25) is 0 Å². The summed E-state index contributed by atoms with van der Waals surface area (Å²) in [7, 11) is 0. The molecule has 0 unspecified atom stereocenters. The SMILES string of the molecule is Cc1ccc(-c2cc3nc4c(c(=O)n3[nH]2)CN(C(C)C)C4=O)nc1. The molecule has 0 aromatic carbocycles. The van der Waals surface area contributed by atoms with Gasteiger partial charge >= 0.3 is 0 Å². The predicted octanol–water partition coefficient (Wildman–Crippen LogP) is 1.76. The van der Waals surface area contributed by atoms with E-state index in [1.54, 1.807) is 17.2 Å². The van der Waals surface area contributed by atoms with Crippen LogP contribution in [-0.2, 0) is 6.54 Å². The van der Waals surface area contributed by atoms with Gasteiger partial charge in [0.05, 0.1) is 23.5 Å². The third-order valence-corrected chi connectivity index (χ3v) is 4.31. The van der Waals surface area contributed by atoms with Gasteiger partial charge in [-0.3, -0.25) is 19.7 Å². The Balaban J connectivity index is 1.87. The number of aromatic nitrogens is 4.